The molecule has 0 fully saturated rings. The molecule has 0 aromatic heterocycles. The van der Waals surface area contributed by atoms with E-state index in [1.165, 1.54) is 16.7 Å². The van der Waals surface area contributed by atoms with Gasteiger partial charge in [0, 0.05) is 9.50 Å². The number of alkyl halides is 1. The summed E-state index contributed by atoms with van der Waals surface area (Å²) in [4.78, 5) is 0. The fourth-order valence-electron chi connectivity index (χ4n) is 2.00. The summed E-state index contributed by atoms with van der Waals surface area (Å²) in [6, 6.07) is 12.2. The fourth-order valence-corrected chi connectivity index (χ4v) is 3.46. The number of aryl methyl sites for hydroxylation is 2. The van der Waals surface area contributed by atoms with Crippen molar-refractivity contribution in [1.29, 1.82) is 0 Å². The molecule has 0 aliphatic heterocycles. The zero-order valence-corrected chi connectivity index (χ0v) is 14.0. The number of rotatable bonds is 3. The monoisotopic (exact) mass is 356 g/mol. The summed E-state index contributed by atoms with van der Waals surface area (Å²) in [5.41, 5.74) is 4.94. The molecule has 2 aromatic rings. The molecule has 0 heterocycles. The average Bonchev–Trinajstić information content (AvgIpc) is 2.33. The molecular formula is C16H15BrCl2. The van der Waals surface area contributed by atoms with Gasteiger partial charge in [0.1, 0.15) is 0 Å². The molecule has 0 N–H and O–H groups in total. The summed E-state index contributed by atoms with van der Waals surface area (Å²) >= 11 is 16.0. The van der Waals surface area contributed by atoms with Gasteiger partial charge in [0.25, 0.3) is 0 Å². The van der Waals surface area contributed by atoms with Crippen LogP contribution >= 0.6 is 39.1 Å². The van der Waals surface area contributed by atoms with Gasteiger partial charge < -0.3 is 0 Å². The predicted molar refractivity (Wildman–Crippen MR) is 87.4 cm³/mol. The van der Waals surface area contributed by atoms with Crippen molar-refractivity contribution in [3.8, 4) is 0 Å². The first-order valence-corrected chi connectivity index (χ1v) is 7.73. The molecule has 0 saturated heterocycles. The molecule has 19 heavy (non-hydrogen) atoms. The van der Waals surface area contributed by atoms with Crippen molar-refractivity contribution >= 4 is 39.1 Å². The Morgan fingerprint density at radius 3 is 2.42 bits per heavy atom. The summed E-state index contributed by atoms with van der Waals surface area (Å²) in [7, 11) is 0. The van der Waals surface area contributed by atoms with Gasteiger partial charge in [-0.25, -0.2) is 0 Å². The SMILES string of the molecule is Cc1ccc(CC(Cl)c2ccc(Cl)cc2Br)cc1C. The van der Waals surface area contributed by atoms with Gasteiger partial charge in [-0.1, -0.05) is 51.8 Å². The molecule has 0 spiro atoms. The second-order valence-electron chi connectivity index (χ2n) is 4.76. The standard InChI is InChI=1S/C16H15BrCl2/c1-10-3-4-12(7-11(10)2)8-16(19)14-6-5-13(18)9-15(14)17/h3-7,9,16H,8H2,1-2H3. The fraction of sp³-hybridized carbons (Fsp3) is 0.250. The van der Waals surface area contributed by atoms with Crippen molar-refractivity contribution in [3.63, 3.8) is 0 Å². The van der Waals surface area contributed by atoms with Crippen molar-refractivity contribution in [2.24, 2.45) is 0 Å². The molecule has 0 saturated carbocycles. The Hall–Kier alpha value is -0.500. The normalized spacial score (nSPS) is 12.5. The van der Waals surface area contributed by atoms with E-state index in [9.17, 15) is 0 Å². The van der Waals surface area contributed by atoms with Crippen molar-refractivity contribution in [1.82, 2.24) is 0 Å². The quantitative estimate of drug-likeness (QED) is 0.570. The van der Waals surface area contributed by atoms with E-state index in [4.69, 9.17) is 23.2 Å². The Morgan fingerprint density at radius 2 is 1.79 bits per heavy atom. The highest BCUT2D eigenvalue weighted by Crippen LogP contribution is 2.33. The van der Waals surface area contributed by atoms with E-state index < -0.39 is 0 Å². The van der Waals surface area contributed by atoms with Crippen molar-refractivity contribution in [3.05, 3.63) is 68.1 Å². The van der Waals surface area contributed by atoms with Gasteiger partial charge in [-0.3, -0.25) is 0 Å². The van der Waals surface area contributed by atoms with Crippen molar-refractivity contribution in [2.45, 2.75) is 25.6 Å². The van der Waals surface area contributed by atoms with Gasteiger partial charge in [0.15, 0.2) is 0 Å². The van der Waals surface area contributed by atoms with E-state index in [1.54, 1.807) is 0 Å². The van der Waals surface area contributed by atoms with Crippen molar-refractivity contribution in [2.75, 3.05) is 0 Å². The molecule has 3 heteroatoms. The Bertz CT molecular complexity index is 593. The molecule has 1 unspecified atom stereocenters. The van der Waals surface area contributed by atoms with E-state index in [0.717, 1.165) is 16.5 Å². The molecule has 0 amide bonds. The Labute approximate surface area is 132 Å². The highest BCUT2D eigenvalue weighted by Gasteiger charge is 2.13. The summed E-state index contributed by atoms with van der Waals surface area (Å²) in [5.74, 6) is 0. The second-order valence-corrected chi connectivity index (χ2v) is 6.57. The average molecular weight is 358 g/mol. The lowest BCUT2D eigenvalue weighted by molar-refractivity contribution is 0.912. The molecule has 0 nitrogen and oxygen atoms in total. The smallest absolute Gasteiger partial charge is 0.0636 e. The Morgan fingerprint density at radius 1 is 1.05 bits per heavy atom. The van der Waals surface area contributed by atoms with Crippen LogP contribution in [0, 0.1) is 13.8 Å². The lowest BCUT2D eigenvalue weighted by Crippen LogP contribution is -1.98. The Balaban J connectivity index is 2.20. The summed E-state index contributed by atoms with van der Waals surface area (Å²) < 4.78 is 0.962. The maximum absolute atomic E-state index is 6.52. The van der Waals surface area contributed by atoms with Crippen LogP contribution in [0.15, 0.2) is 40.9 Å². The van der Waals surface area contributed by atoms with Gasteiger partial charge in [-0.2, -0.15) is 0 Å². The van der Waals surface area contributed by atoms with Crippen LogP contribution in [0.2, 0.25) is 5.02 Å². The van der Waals surface area contributed by atoms with Crippen LogP contribution in [0.4, 0.5) is 0 Å². The van der Waals surface area contributed by atoms with E-state index >= 15 is 0 Å². The third-order valence-corrected chi connectivity index (χ3v) is 4.60. The first kappa shape index (κ1) is 14.9. The molecule has 2 aromatic carbocycles. The van der Waals surface area contributed by atoms with Crippen LogP contribution in [-0.2, 0) is 6.42 Å². The van der Waals surface area contributed by atoms with Crippen LogP contribution < -0.4 is 0 Å². The van der Waals surface area contributed by atoms with Gasteiger partial charge >= 0.3 is 0 Å². The molecular weight excluding hydrogens is 343 g/mol. The minimum Gasteiger partial charge on any atom is -0.117 e. The Kier molecular flexibility index (Phi) is 4.94. The zero-order valence-electron chi connectivity index (χ0n) is 10.9. The van der Waals surface area contributed by atoms with Gasteiger partial charge in [-0.05, 0) is 54.7 Å². The van der Waals surface area contributed by atoms with Crippen LogP contribution in [0.25, 0.3) is 0 Å². The van der Waals surface area contributed by atoms with E-state index in [1.807, 2.05) is 18.2 Å². The number of hydrogen-bond acceptors (Lipinski definition) is 0. The maximum atomic E-state index is 6.52. The molecule has 0 aliphatic rings. The highest BCUT2D eigenvalue weighted by molar-refractivity contribution is 9.10. The summed E-state index contributed by atoms with van der Waals surface area (Å²) in [6.07, 6.45) is 0.808. The van der Waals surface area contributed by atoms with Gasteiger partial charge in [0.05, 0.1) is 5.38 Å². The minimum atomic E-state index is -0.0613. The highest BCUT2D eigenvalue weighted by atomic mass is 79.9. The van der Waals surface area contributed by atoms with E-state index in [2.05, 4.69) is 48.0 Å². The lowest BCUT2D eigenvalue weighted by atomic mass is 10.0. The van der Waals surface area contributed by atoms with Gasteiger partial charge in [-0.15, -0.1) is 11.6 Å². The third-order valence-electron chi connectivity index (χ3n) is 3.29. The summed E-state index contributed by atoms with van der Waals surface area (Å²) in [5, 5.41) is 0.652. The van der Waals surface area contributed by atoms with Gasteiger partial charge in [0.2, 0.25) is 0 Å². The van der Waals surface area contributed by atoms with E-state index in [0.29, 0.717) is 5.02 Å². The number of hydrogen-bond donors (Lipinski definition) is 0. The molecule has 2 rings (SSSR count). The molecule has 0 radical (unpaired) electrons. The molecule has 0 bridgehead atoms. The number of benzene rings is 2. The largest absolute Gasteiger partial charge is 0.117 e. The van der Waals surface area contributed by atoms with Crippen LogP contribution in [0.1, 0.15) is 27.6 Å². The predicted octanol–water partition coefficient (Wildman–Crippen LogP) is 6.24. The zero-order chi connectivity index (χ0) is 14.0. The lowest BCUT2D eigenvalue weighted by Gasteiger charge is -2.13. The van der Waals surface area contributed by atoms with Crippen molar-refractivity contribution < 1.29 is 0 Å². The minimum absolute atomic E-state index is 0.0613. The van der Waals surface area contributed by atoms with E-state index in [-0.39, 0.29) is 5.38 Å². The summed E-state index contributed by atoms with van der Waals surface area (Å²) in [6.45, 7) is 4.24. The molecule has 100 valence electrons. The number of halogens is 3. The molecule has 1 atom stereocenters. The first-order chi connectivity index (χ1) is 8.97. The maximum Gasteiger partial charge on any atom is 0.0636 e. The third kappa shape index (κ3) is 3.75. The van der Waals surface area contributed by atoms with Crippen LogP contribution in [-0.4, -0.2) is 0 Å². The first-order valence-electron chi connectivity index (χ1n) is 6.12. The van der Waals surface area contributed by atoms with Crippen LogP contribution in [0.5, 0.6) is 0 Å². The second kappa shape index (κ2) is 6.30. The topological polar surface area (TPSA) is 0 Å². The molecule has 0 aliphatic carbocycles. The van der Waals surface area contributed by atoms with Crippen LogP contribution in [0.3, 0.4) is 0 Å².